The van der Waals surface area contributed by atoms with Crippen LogP contribution in [-0.4, -0.2) is 36.1 Å². The molecule has 2 heterocycles. The first-order valence-electron chi connectivity index (χ1n) is 10.1. The lowest BCUT2D eigenvalue weighted by Crippen LogP contribution is -2.29. The second kappa shape index (κ2) is 8.19. The molecule has 0 spiro atoms. The zero-order chi connectivity index (χ0) is 19.5. The van der Waals surface area contributed by atoms with Gasteiger partial charge in [0.15, 0.2) is 0 Å². The quantitative estimate of drug-likeness (QED) is 0.581. The van der Waals surface area contributed by atoms with Gasteiger partial charge in [-0.1, -0.05) is 24.3 Å². The molecule has 4 rings (SSSR count). The van der Waals surface area contributed by atoms with Crippen LogP contribution in [0.15, 0.2) is 52.9 Å². The molecule has 4 heteroatoms. The van der Waals surface area contributed by atoms with Crippen LogP contribution < -0.4 is 4.74 Å². The Labute approximate surface area is 167 Å². The number of methoxy groups -OCH3 is 1. The van der Waals surface area contributed by atoms with Crippen molar-refractivity contribution in [3.63, 3.8) is 0 Å². The molecule has 3 aromatic rings. The highest BCUT2D eigenvalue weighted by Crippen LogP contribution is 2.28. The van der Waals surface area contributed by atoms with E-state index in [1.54, 1.807) is 7.11 Å². The van der Waals surface area contributed by atoms with Gasteiger partial charge >= 0.3 is 0 Å². The number of likely N-dealkylation sites (tertiary alicyclic amines) is 1. The van der Waals surface area contributed by atoms with Crippen LogP contribution in [0.4, 0.5) is 0 Å². The highest BCUT2D eigenvalue weighted by Gasteiger charge is 2.21. The zero-order valence-electron chi connectivity index (χ0n) is 16.9. The molecule has 1 aliphatic rings. The fraction of sp³-hybridized carbons (Fsp3) is 0.375. The fourth-order valence-corrected chi connectivity index (χ4v) is 3.97. The van der Waals surface area contributed by atoms with E-state index in [0.717, 1.165) is 46.9 Å². The molecule has 1 unspecified atom stereocenters. The smallest absolute Gasteiger partial charge is 0.226 e. The van der Waals surface area contributed by atoms with E-state index in [0.29, 0.717) is 11.9 Å². The van der Waals surface area contributed by atoms with Crippen molar-refractivity contribution >= 4 is 0 Å². The lowest BCUT2D eigenvalue weighted by molar-refractivity contribution is 0.271. The molecule has 0 saturated carbocycles. The summed E-state index contributed by atoms with van der Waals surface area (Å²) >= 11 is 0. The summed E-state index contributed by atoms with van der Waals surface area (Å²) in [5, 5.41) is 0. The molecule has 1 aromatic heterocycles. The van der Waals surface area contributed by atoms with E-state index >= 15 is 0 Å². The summed E-state index contributed by atoms with van der Waals surface area (Å²) in [6.07, 6.45) is 3.56. The predicted molar refractivity (Wildman–Crippen MR) is 113 cm³/mol. The summed E-state index contributed by atoms with van der Waals surface area (Å²) in [4.78, 5) is 7.33. The van der Waals surface area contributed by atoms with Gasteiger partial charge in [0.1, 0.15) is 11.5 Å². The van der Waals surface area contributed by atoms with Gasteiger partial charge in [-0.2, -0.15) is 0 Å². The average molecular weight is 377 g/mol. The molecular weight excluding hydrogens is 348 g/mol. The van der Waals surface area contributed by atoms with Crippen molar-refractivity contribution < 1.29 is 9.15 Å². The summed E-state index contributed by atoms with van der Waals surface area (Å²) in [6.45, 7) is 6.60. The fourth-order valence-electron chi connectivity index (χ4n) is 3.97. The number of hydrogen-bond acceptors (Lipinski definition) is 4. The van der Waals surface area contributed by atoms with Gasteiger partial charge < -0.3 is 14.1 Å². The molecule has 0 aliphatic carbocycles. The normalized spacial score (nSPS) is 17.2. The molecule has 1 saturated heterocycles. The van der Waals surface area contributed by atoms with E-state index < -0.39 is 0 Å². The molecule has 4 nitrogen and oxygen atoms in total. The van der Waals surface area contributed by atoms with Gasteiger partial charge in [-0.3, -0.25) is 0 Å². The Hall–Kier alpha value is -2.59. The monoisotopic (exact) mass is 376 g/mol. The largest absolute Gasteiger partial charge is 0.497 e. The van der Waals surface area contributed by atoms with Crippen molar-refractivity contribution in [3.8, 4) is 28.3 Å². The first kappa shape index (κ1) is 18.8. The van der Waals surface area contributed by atoms with Crippen LogP contribution in [-0.2, 0) is 6.42 Å². The first-order chi connectivity index (χ1) is 13.6. The van der Waals surface area contributed by atoms with Gasteiger partial charge in [-0.05, 0) is 68.6 Å². The van der Waals surface area contributed by atoms with E-state index in [9.17, 15) is 0 Å². The predicted octanol–water partition coefficient (Wildman–Crippen LogP) is 5.35. The summed E-state index contributed by atoms with van der Waals surface area (Å²) < 4.78 is 11.3. The number of nitrogens with zero attached hydrogens (tertiary/aromatic N) is 2. The molecule has 1 atom stereocenters. The van der Waals surface area contributed by atoms with Crippen molar-refractivity contribution in [2.24, 2.45) is 0 Å². The van der Waals surface area contributed by atoms with Crippen molar-refractivity contribution in [1.29, 1.82) is 0 Å². The number of rotatable bonds is 6. The Morgan fingerprint density at radius 2 is 1.89 bits per heavy atom. The Morgan fingerprint density at radius 1 is 1.11 bits per heavy atom. The van der Waals surface area contributed by atoms with Gasteiger partial charge in [0, 0.05) is 24.6 Å². The van der Waals surface area contributed by atoms with Crippen molar-refractivity contribution in [3.05, 3.63) is 60.0 Å². The minimum absolute atomic E-state index is 0.691. The Morgan fingerprint density at radius 3 is 2.61 bits per heavy atom. The third-order valence-corrected chi connectivity index (χ3v) is 5.75. The lowest BCUT2D eigenvalue weighted by Gasteiger charge is -2.20. The number of ether oxygens (including phenoxy) is 1. The van der Waals surface area contributed by atoms with Crippen molar-refractivity contribution in [1.82, 2.24) is 9.88 Å². The summed E-state index contributed by atoms with van der Waals surface area (Å²) in [6, 6.07) is 17.1. The van der Waals surface area contributed by atoms with Crippen LogP contribution >= 0.6 is 0 Å². The Balaban J connectivity index is 1.48. The molecule has 1 fully saturated rings. The maximum absolute atomic E-state index is 5.98. The average Bonchev–Trinajstić information content (AvgIpc) is 3.31. The van der Waals surface area contributed by atoms with E-state index in [2.05, 4.69) is 42.2 Å². The van der Waals surface area contributed by atoms with Crippen molar-refractivity contribution in [2.75, 3.05) is 20.2 Å². The van der Waals surface area contributed by atoms with Crippen LogP contribution in [0.2, 0.25) is 0 Å². The Bertz CT molecular complexity index is 930. The SMILES string of the molecule is COc1cccc(-c2ccc(-c3nc(CCN4CCCC4C)c(C)o3)cc2)c1. The van der Waals surface area contributed by atoms with Crippen LogP contribution in [0, 0.1) is 6.92 Å². The molecule has 0 radical (unpaired) electrons. The van der Waals surface area contributed by atoms with Crippen LogP contribution in [0.5, 0.6) is 5.75 Å². The number of aromatic nitrogens is 1. The minimum Gasteiger partial charge on any atom is -0.497 e. The van der Waals surface area contributed by atoms with E-state index in [1.165, 1.54) is 19.4 Å². The summed E-state index contributed by atoms with van der Waals surface area (Å²) in [5.41, 5.74) is 4.37. The third kappa shape index (κ3) is 3.97. The highest BCUT2D eigenvalue weighted by molar-refractivity contribution is 5.68. The highest BCUT2D eigenvalue weighted by atomic mass is 16.5. The molecule has 1 aliphatic heterocycles. The number of benzene rings is 2. The molecule has 28 heavy (non-hydrogen) atoms. The first-order valence-corrected chi connectivity index (χ1v) is 10.1. The van der Waals surface area contributed by atoms with E-state index in [4.69, 9.17) is 14.1 Å². The molecule has 0 N–H and O–H groups in total. The number of aryl methyl sites for hydroxylation is 1. The van der Waals surface area contributed by atoms with Crippen LogP contribution in [0.1, 0.15) is 31.2 Å². The Kier molecular flexibility index (Phi) is 5.49. The maximum Gasteiger partial charge on any atom is 0.226 e. The van der Waals surface area contributed by atoms with Gasteiger partial charge in [0.05, 0.1) is 12.8 Å². The van der Waals surface area contributed by atoms with Crippen LogP contribution in [0.3, 0.4) is 0 Å². The molecule has 0 bridgehead atoms. The lowest BCUT2D eigenvalue weighted by atomic mass is 10.0. The zero-order valence-corrected chi connectivity index (χ0v) is 16.9. The van der Waals surface area contributed by atoms with Gasteiger partial charge in [-0.25, -0.2) is 4.98 Å². The molecular formula is C24H28N2O2. The van der Waals surface area contributed by atoms with Crippen molar-refractivity contribution in [2.45, 2.75) is 39.2 Å². The van der Waals surface area contributed by atoms with Gasteiger partial charge in [-0.15, -0.1) is 0 Å². The third-order valence-electron chi connectivity index (χ3n) is 5.75. The standard InChI is InChI=1S/C24H28N2O2/c1-17-6-5-14-26(17)15-13-23-18(2)28-24(25-23)20-11-9-19(10-12-20)21-7-4-8-22(16-21)27-3/h4,7-12,16-17H,5-6,13-15H2,1-3H3. The van der Waals surface area contributed by atoms with Gasteiger partial charge in [0.2, 0.25) is 5.89 Å². The number of oxazole rings is 1. The van der Waals surface area contributed by atoms with Gasteiger partial charge in [0.25, 0.3) is 0 Å². The number of hydrogen-bond donors (Lipinski definition) is 0. The second-order valence-electron chi connectivity index (χ2n) is 7.61. The minimum atomic E-state index is 0.691. The molecule has 146 valence electrons. The summed E-state index contributed by atoms with van der Waals surface area (Å²) in [7, 11) is 1.69. The van der Waals surface area contributed by atoms with E-state index in [-0.39, 0.29) is 0 Å². The molecule has 2 aromatic carbocycles. The summed E-state index contributed by atoms with van der Waals surface area (Å²) in [5.74, 6) is 2.50. The van der Waals surface area contributed by atoms with Crippen LogP contribution in [0.25, 0.3) is 22.6 Å². The van der Waals surface area contributed by atoms with E-state index in [1.807, 2.05) is 25.1 Å². The maximum atomic E-state index is 5.98. The molecule has 0 amide bonds. The second-order valence-corrected chi connectivity index (χ2v) is 7.61. The topological polar surface area (TPSA) is 38.5 Å².